The molecule has 4 rings (SSSR count). The summed E-state index contributed by atoms with van der Waals surface area (Å²) in [5.41, 5.74) is 3.06. The van der Waals surface area contributed by atoms with Crippen molar-refractivity contribution in [2.45, 2.75) is 69.4 Å². The molecule has 4 atom stereocenters. The number of anilines is 1. The minimum Gasteiger partial charge on any atom is -0.430 e. The van der Waals surface area contributed by atoms with Crippen LogP contribution in [0.25, 0.3) is 5.52 Å². The molecule has 33 heavy (non-hydrogen) atoms. The molecule has 2 fully saturated rings. The molecular formula is C20H23F2N5O6. The average Bonchev–Trinajstić information content (AvgIpc) is 3.37. The maximum atomic E-state index is 13.0. The largest absolute Gasteiger partial charge is 0.509 e. The summed E-state index contributed by atoms with van der Waals surface area (Å²) in [6, 6.07) is 5.39. The number of nitrogens with zero attached hydrogens (tertiary/aromatic N) is 4. The van der Waals surface area contributed by atoms with Gasteiger partial charge in [0.25, 0.3) is 6.43 Å². The van der Waals surface area contributed by atoms with E-state index in [-0.39, 0.29) is 5.82 Å². The number of ether oxygens (including phenoxy) is 5. The molecule has 0 saturated carbocycles. The second kappa shape index (κ2) is 7.75. The molecule has 0 aromatic carbocycles. The van der Waals surface area contributed by atoms with E-state index in [1.54, 1.807) is 26.0 Å². The van der Waals surface area contributed by atoms with Crippen LogP contribution in [0, 0.1) is 11.3 Å². The minimum absolute atomic E-state index is 0.244. The van der Waals surface area contributed by atoms with Crippen molar-refractivity contribution in [1.29, 1.82) is 5.26 Å². The summed E-state index contributed by atoms with van der Waals surface area (Å²) in [6.45, 7) is 4.78. The van der Waals surface area contributed by atoms with Crippen molar-refractivity contribution in [3.8, 4) is 6.07 Å². The van der Waals surface area contributed by atoms with Gasteiger partial charge in [0, 0.05) is 0 Å². The van der Waals surface area contributed by atoms with Crippen molar-refractivity contribution in [1.82, 2.24) is 14.6 Å². The number of nitriles is 1. The second-order valence-corrected chi connectivity index (χ2v) is 8.81. The fourth-order valence-electron chi connectivity index (χ4n) is 3.84. The third-order valence-electron chi connectivity index (χ3n) is 5.49. The lowest BCUT2D eigenvalue weighted by Gasteiger charge is -2.29. The van der Waals surface area contributed by atoms with Gasteiger partial charge in [-0.3, -0.25) is 0 Å². The monoisotopic (exact) mass is 467 g/mol. The molecule has 0 spiro atoms. The van der Waals surface area contributed by atoms with E-state index in [1.165, 1.54) is 10.8 Å². The van der Waals surface area contributed by atoms with Crippen LogP contribution in [0.2, 0.25) is 0 Å². The van der Waals surface area contributed by atoms with Gasteiger partial charge in [0.05, 0.1) is 5.69 Å². The van der Waals surface area contributed by atoms with Crippen molar-refractivity contribution in [3.63, 3.8) is 0 Å². The molecule has 0 amide bonds. The first-order valence-electron chi connectivity index (χ1n) is 10.1. The topological polar surface area (TPSA) is 143 Å². The number of rotatable bonds is 5. The number of hydrogen-bond acceptors (Lipinski definition) is 10. The smallest absolute Gasteiger partial charge is 0.430 e. The zero-order valence-corrected chi connectivity index (χ0v) is 18.3. The summed E-state index contributed by atoms with van der Waals surface area (Å²) in [5.74, 6) is -0.826. The summed E-state index contributed by atoms with van der Waals surface area (Å²) >= 11 is 0. The van der Waals surface area contributed by atoms with Crippen molar-refractivity contribution < 1.29 is 37.3 Å². The number of halogens is 2. The van der Waals surface area contributed by atoms with Crippen LogP contribution in [0.3, 0.4) is 0 Å². The van der Waals surface area contributed by atoms with Crippen molar-refractivity contribution >= 4 is 17.5 Å². The van der Waals surface area contributed by atoms with Crippen LogP contribution in [0.4, 0.5) is 19.4 Å². The minimum atomic E-state index is -2.93. The maximum absolute atomic E-state index is 13.0. The molecule has 11 nitrogen and oxygen atoms in total. The summed E-state index contributed by atoms with van der Waals surface area (Å²) in [4.78, 5) is 16.0. The lowest BCUT2D eigenvalue weighted by atomic mass is 9.96. The molecule has 2 saturated heterocycles. The molecule has 13 heteroatoms. The van der Waals surface area contributed by atoms with Crippen LogP contribution in [-0.2, 0) is 23.7 Å². The second-order valence-electron chi connectivity index (χ2n) is 8.81. The Balaban J connectivity index is 1.63. The van der Waals surface area contributed by atoms with Gasteiger partial charge in [-0.25, -0.2) is 23.1 Å². The van der Waals surface area contributed by atoms with Crippen LogP contribution in [0.1, 0.15) is 39.5 Å². The molecule has 0 bridgehead atoms. The van der Waals surface area contributed by atoms with Crippen molar-refractivity contribution in [2.75, 3.05) is 12.3 Å². The number of alkyl halides is 2. The SMILES string of the molecule is CC1(C)O[C@H]2[C@H](c3ccc4c(N)ncnn34)O[C@](C#N)(COC(=O)OC(C)(C)C(F)F)[C@H]2O1. The number of nitrogen functional groups attached to an aromatic ring is 1. The fourth-order valence-corrected chi connectivity index (χ4v) is 3.84. The standard InChI is InChI=1S/C20H23F2N5O6/c1-18(2,16(21)22)33-17(28)29-8-20(7-23)14-13(30-19(3,4)32-14)12(31-20)10-5-6-11-15(24)25-9-26-27(10)11/h5-6,9,12-14,16H,8H2,1-4H3,(H2,24,25,26)/t12-,13-,14-,20+/m0/s1. The Morgan fingerprint density at radius 2 is 2.09 bits per heavy atom. The van der Waals surface area contributed by atoms with E-state index >= 15 is 0 Å². The van der Waals surface area contributed by atoms with E-state index in [1.807, 2.05) is 6.07 Å². The summed E-state index contributed by atoms with van der Waals surface area (Å²) in [6.07, 6.45) is -5.63. The van der Waals surface area contributed by atoms with Gasteiger partial charge in [-0.15, -0.1) is 0 Å². The summed E-state index contributed by atoms with van der Waals surface area (Å²) in [7, 11) is 0. The zero-order valence-electron chi connectivity index (χ0n) is 18.3. The number of fused-ring (bicyclic) bond motifs is 2. The van der Waals surface area contributed by atoms with E-state index in [4.69, 9.17) is 24.7 Å². The van der Waals surface area contributed by atoms with Crippen LogP contribution < -0.4 is 5.73 Å². The highest BCUT2D eigenvalue weighted by Gasteiger charge is 2.65. The van der Waals surface area contributed by atoms with E-state index in [2.05, 4.69) is 14.8 Å². The molecule has 2 aromatic heterocycles. The molecule has 0 radical (unpaired) electrons. The number of aromatic nitrogens is 3. The molecule has 2 aliphatic rings. The Labute approximate surface area is 187 Å². The van der Waals surface area contributed by atoms with Crippen molar-refractivity contribution in [3.05, 3.63) is 24.2 Å². The number of carbonyl (C=O) groups excluding carboxylic acids is 1. The van der Waals surface area contributed by atoms with Crippen LogP contribution in [0.5, 0.6) is 0 Å². The molecule has 0 unspecified atom stereocenters. The Kier molecular flexibility index (Phi) is 5.43. The lowest BCUT2D eigenvalue weighted by molar-refractivity contribution is -0.206. The Morgan fingerprint density at radius 3 is 2.76 bits per heavy atom. The average molecular weight is 467 g/mol. The first-order valence-corrected chi connectivity index (χ1v) is 10.1. The Bertz CT molecular complexity index is 1120. The van der Waals surface area contributed by atoms with Crippen LogP contribution in [0.15, 0.2) is 18.5 Å². The Hall–Kier alpha value is -3.08. The van der Waals surface area contributed by atoms with Gasteiger partial charge >= 0.3 is 6.16 Å². The van der Waals surface area contributed by atoms with Gasteiger partial charge in [-0.2, -0.15) is 10.4 Å². The predicted octanol–water partition coefficient (Wildman–Crippen LogP) is 2.36. The normalized spacial score (nSPS) is 28.6. The van der Waals surface area contributed by atoms with Crippen LogP contribution >= 0.6 is 0 Å². The highest BCUT2D eigenvalue weighted by Crippen LogP contribution is 2.50. The van der Waals surface area contributed by atoms with E-state index in [9.17, 15) is 18.8 Å². The van der Waals surface area contributed by atoms with E-state index in [0.29, 0.717) is 11.2 Å². The molecule has 0 aliphatic carbocycles. The highest BCUT2D eigenvalue weighted by atomic mass is 19.3. The lowest BCUT2D eigenvalue weighted by Crippen LogP contribution is -2.47. The van der Waals surface area contributed by atoms with Crippen LogP contribution in [-0.4, -0.2) is 63.0 Å². The molecule has 2 aliphatic heterocycles. The highest BCUT2D eigenvalue weighted by molar-refractivity contribution is 5.65. The third kappa shape index (κ3) is 3.94. The number of nitrogens with two attached hydrogens (primary N) is 1. The predicted molar refractivity (Wildman–Crippen MR) is 106 cm³/mol. The first kappa shape index (κ1) is 23.1. The van der Waals surface area contributed by atoms with Gasteiger partial charge in [-0.05, 0) is 39.8 Å². The molecular weight excluding hydrogens is 444 g/mol. The summed E-state index contributed by atoms with van der Waals surface area (Å²) < 4.78 is 55.2. The number of carbonyl (C=O) groups is 1. The zero-order chi connectivity index (χ0) is 24.2. The van der Waals surface area contributed by atoms with E-state index in [0.717, 1.165) is 13.8 Å². The Morgan fingerprint density at radius 1 is 1.36 bits per heavy atom. The quantitative estimate of drug-likeness (QED) is 0.651. The molecule has 4 heterocycles. The molecule has 2 aromatic rings. The van der Waals surface area contributed by atoms with Gasteiger partial charge in [0.15, 0.2) is 17.2 Å². The fraction of sp³-hybridized carbons (Fsp3) is 0.600. The third-order valence-corrected chi connectivity index (χ3v) is 5.49. The molecule has 2 N–H and O–H groups in total. The van der Waals surface area contributed by atoms with Gasteiger partial charge < -0.3 is 29.4 Å². The number of hydrogen-bond donors (Lipinski definition) is 1. The van der Waals surface area contributed by atoms with Gasteiger partial charge in [0.1, 0.15) is 42.8 Å². The van der Waals surface area contributed by atoms with Gasteiger partial charge in [0.2, 0.25) is 5.60 Å². The summed E-state index contributed by atoms with van der Waals surface area (Å²) in [5, 5.41) is 14.2. The van der Waals surface area contributed by atoms with E-state index < -0.39 is 54.5 Å². The van der Waals surface area contributed by atoms with Gasteiger partial charge in [-0.1, -0.05) is 0 Å². The molecule has 178 valence electrons. The first-order chi connectivity index (χ1) is 15.4. The maximum Gasteiger partial charge on any atom is 0.509 e. The van der Waals surface area contributed by atoms with Crippen molar-refractivity contribution in [2.24, 2.45) is 0 Å².